The number of aliphatic imine (C=N–C) groups is 1. The first-order chi connectivity index (χ1) is 13.2. The molecule has 28 heavy (non-hydrogen) atoms. The van der Waals surface area contributed by atoms with Gasteiger partial charge >= 0.3 is 0 Å². The number of sulfone groups is 1. The number of carbonyl (C=O) groups is 1. The standard InChI is InChI=1S/C19H36N4O4S/c1-5-20-18(21-8-15-28(25,26)19(2,3)4)23-9-6-16(7-10-23)17(24)22-11-13-27-14-12-22/h16H,5-15H2,1-4H3,(H,20,21). The van der Waals surface area contributed by atoms with Crippen LogP contribution in [0.4, 0.5) is 0 Å². The summed E-state index contributed by atoms with van der Waals surface area (Å²) in [7, 11) is -3.19. The van der Waals surface area contributed by atoms with E-state index >= 15 is 0 Å². The third kappa shape index (κ3) is 6.07. The third-order valence-corrected chi connectivity index (χ3v) is 7.94. The van der Waals surface area contributed by atoms with Crippen molar-refractivity contribution in [3.8, 4) is 0 Å². The number of nitrogens with one attached hydrogen (secondary N) is 1. The predicted molar refractivity (Wildman–Crippen MR) is 111 cm³/mol. The first-order valence-electron chi connectivity index (χ1n) is 10.3. The maximum absolute atomic E-state index is 12.7. The Morgan fingerprint density at radius 1 is 1.11 bits per heavy atom. The zero-order chi connectivity index (χ0) is 20.8. The molecule has 2 heterocycles. The molecule has 0 saturated carbocycles. The van der Waals surface area contributed by atoms with Crippen LogP contribution in [0.2, 0.25) is 0 Å². The van der Waals surface area contributed by atoms with E-state index in [9.17, 15) is 13.2 Å². The Morgan fingerprint density at radius 2 is 1.71 bits per heavy atom. The van der Waals surface area contributed by atoms with Gasteiger partial charge in [0.2, 0.25) is 5.91 Å². The minimum absolute atomic E-state index is 0.0391. The average molecular weight is 417 g/mol. The number of guanidine groups is 1. The molecular weight excluding hydrogens is 380 g/mol. The fraction of sp³-hybridized carbons (Fsp3) is 0.895. The number of nitrogens with zero attached hydrogens (tertiary/aromatic N) is 3. The number of carbonyl (C=O) groups excluding carboxylic acids is 1. The quantitative estimate of drug-likeness (QED) is 0.525. The summed E-state index contributed by atoms with van der Waals surface area (Å²) in [5.41, 5.74) is 0. The second-order valence-corrected chi connectivity index (χ2v) is 11.2. The van der Waals surface area contributed by atoms with E-state index < -0.39 is 14.6 Å². The Kier molecular flexibility index (Phi) is 8.12. The molecule has 0 radical (unpaired) electrons. The molecule has 162 valence electrons. The Bertz CT molecular complexity index is 643. The van der Waals surface area contributed by atoms with Crippen molar-refractivity contribution in [3.63, 3.8) is 0 Å². The van der Waals surface area contributed by atoms with Crippen LogP contribution >= 0.6 is 0 Å². The first-order valence-corrected chi connectivity index (χ1v) is 11.9. The zero-order valence-electron chi connectivity index (χ0n) is 17.7. The predicted octanol–water partition coefficient (Wildman–Crippen LogP) is 0.736. The van der Waals surface area contributed by atoms with Crippen LogP contribution in [0.1, 0.15) is 40.5 Å². The molecule has 0 atom stereocenters. The molecule has 1 N–H and O–H groups in total. The summed E-state index contributed by atoms with van der Waals surface area (Å²) in [5, 5.41) is 3.25. The van der Waals surface area contributed by atoms with Gasteiger partial charge in [-0.2, -0.15) is 0 Å². The molecule has 2 aliphatic heterocycles. The number of morpholine rings is 1. The van der Waals surface area contributed by atoms with Gasteiger partial charge in [0.1, 0.15) is 0 Å². The highest BCUT2D eigenvalue weighted by Crippen LogP contribution is 2.21. The maximum atomic E-state index is 12.7. The highest BCUT2D eigenvalue weighted by atomic mass is 32.2. The van der Waals surface area contributed by atoms with Gasteiger partial charge in [-0.3, -0.25) is 9.79 Å². The second-order valence-electron chi connectivity index (χ2n) is 8.37. The summed E-state index contributed by atoms with van der Waals surface area (Å²) >= 11 is 0. The minimum Gasteiger partial charge on any atom is -0.378 e. The van der Waals surface area contributed by atoms with Crippen LogP contribution < -0.4 is 5.32 Å². The normalized spacial score (nSPS) is 20.4. The zero-order valence-corrected chi connectivity index (χ0v) is 18.6. The van der Waals surface area contributed by atoms with E-state index in [1.807, 2.05) is 11.8 Å². The largest absolute Gasteiger partial charge is 0.378 e. The Hall–Kier alpha value is -1.35. The molecule has 2 rings (SSSR count). The topological polar surface area (TPSA) is 91.3 Å². The number of ether oxygens (including phenoxy) is 1. The molecule has 0 aromatic rings. The number of piperidine rings is 1. The second kappa shape index (κ2) is 9.91. The molecular formula is C19H36N4O4S. The van der Waals surface area contributed by atoms with Crippen molar-refractivity contribution < 1.29 is 17.9 Å². The summed E-state index contributed by atoms with van der Waals surface area (Å²) in [6.45, 7) is 12.2. The lowest BCUT2D eigenvalue weighted by molar-refractivity contribution is -0.140. The van der Waals surface area contributed by atoms with E-state index in [1.165, 1.54) is 0 Å². The summed E-state index contributed by atoms with van der Waals surface area (Å²) in [4.78, 5) is 21.3. The van der Waals surface area contributed by atoms with Crippen molar-refractivity contribution >= 4 is 21.7 Å². The summed E-state index contributed by atoms with van der Waals surface area (Å²) in [6, 6.07) is 0. The molecule has 1 amide bonds. The van der Waals surface area contributed by atoms with Crippen molar-refractivity contribution in [3.05, 3.63) is 0 Å². The maximum Gasteiger partial charge on any atom is 0.225 e. The lowest BCUT2D eigenvalue weighted by atomic mass is 9.95. The Balaban J connectivity index is 1.90. The summed E-state index contributed by atoms with van der Waals surface area (Å²) in [6.07, 6.45) is 1.59. The monoisotopic (exact) mass is 416 g/mol. The van der Waals surface area contributed by atoms with Crippen LogP contribution in [-0.4, -0.2) is 93.1 Å². The van der Waals surface area contributed by atoms with Crippen LogP contribution in [0, 0.1) is 5.92 Å². The van der Waals surface area contributed by atoms with Gasteiger partial charge in [-0.15, -0.1) is 0 Å². The van der Waals surface area contributed by atoms with Crippen LogP contribution in [0.5, 0.6) is 0 Å². The number of rotatable bonds is 5. The molecule has 0 aromatic carbocycles. The molecule has 0 aromatic heterocycles. The number of amides is 1. The fourth-order valence-corrected chi connectivity index (χ4v) is 4.33. The lowest BCUT2D eigenvalue weighted by Crippen LogP contribution is -2.50. The van der Waals surface area contributed by atoms with Gasteiger partial charge < -0.3 is 19.9 Å². The van der Waals surface area contributed by atoms with Gasteiger partial charge in [-0.25, -0.2) is 8.42 Å². The SMILES string of the molecule is CCNC(=NCCS(=O)(=O)C(C)(C)C)N1CCC(C(=O)N2CCOCC2)CC1. The van der Waals surface area contributed by atoms with E-state index in [0.29, 0.717) is 26.3 Å². The third-order valence-electron chi connectivity index (χ3n) is 5.36. The van der Waals surface area contributed by atoms with E-state index in [2.05, 4.69) is 15.2 Å². The molecule has 0 spiro atoms. The van der Waals surface area contributed by atoms with Crippen molar-refractivity contribution in [1.29, 1.82) is 0 Å². The number of likely N-dealkylation sites (tertiary alicyclic amines) is 1. The van der Waals surface area contributed by atoms with E-state index in [1.54, 1.807) is 20.8 Å². The molecule has 2 saturated heterocycles. The smallest absolute Gasteiger partial charge is 0.225 e. The fourth-order valence-electron chi connectivity index (χ4n) is 3.38. The molecule has 0 bridgehead atoms. The van der Waals surface area contributed by atoms with E-state index in [0.717, 1.165) is 38.4 Å². The molecule has 0 unspecified atom stereocenters. The Morgan fingerprint density at radius 3 is 2.25 bits per heavy atom. The van der Waals surface area contributed by atoms with E-state index in [-0.39, 0.29) is 24.1 Å². The van der Waals surface area contributed by atoms with Crippen LogP contribution in [0.15, 0.2) is 4.99 Å². The highest BCUT2D eigenvalue weighted by molar-refractivity contribution is 7.92. The molecule has 0 aliphatic carbocycles. The van der Waals surface area contributed by atoms with Gasteiger partial charge in [0.05, 0.1) is 30.3 Å². The highest BCUT2D eigenvalue weighted by Gasteiger charge is 2.31. The van der Waals surface area contributed by atoms with Gasteiger partial charge in [0.15, 0.2) is 15.8 Å². The van der Waals surface area contributed by atoms with Gasteiger partial charge in [0, 0.05) is 38.6 Å². The summed E-state index contributed by atoms with van der Waals surface area (Å²) in [5.74, 6) is 1.07. The first kappa shape index (κ1) is 22.9. The number of hydrogen-bond donors (Lipinski definition) is 1. The molecule has 9 heteroatoms. The van der Waals surface area contributed by atoms with Crippen molar-refractivity contribution in [2.45, 2.75) is 45.3 Å². The van der Waals surface area contributed by atoms with Crippen molar-refractivity contribution in [2.24, 2.45) is 10.9 Å². The van der Waals surface area contributed by atoms with E-state index in [4.69, 9.17) is 4.74 Å². The number of hydrogen-bond acceptors (Lipinski definition) is 5. The molecule has 8 nitrogen and oxygen atoms in total. The lowest BCUT2D eigenvalue weighted by Gasteiger charge is -2.36. The minimum atomic E-state index is -3.19. The van der Waals surface area contributed by atoms with Gasteiger partial charge in [-0.1, -0.05) is 0 Å². The average Bonchev–Trinajstić information content (AvgIpc) is 2.66. The van der Waals surface area contributed by atoms with Gasteiger partial charge in [0.25, 0.3) is 0 Å². The van der Waals surface area contributed by atoms with Crippen LogP contribution in [-0.2, 0) is 19.4 Å². The molecule has 2 aliphatic rings. The van der Waals surface area contributed by atoms with Crippen molar-refractivity contribution in [1.82, 2.24) is 15.1 Å². The Labute approximate surface area is 169 Å². The summed E-state index contributed by atoms with van der Waals surface area (Å²) < 4.78 is 29.1. The van der Waals surface area contributed by atoms with Crippen LogP contribution in [0.25, 0.3) is 0 Å². The van der Waals surface area contributed by atoms with Crippen molar-refractivity contribution in [2.75, 3.05) is 58.2 Å². The van der Waals surface area contributed by atoms with Gasteiger partial charge in [-0.05, 0) is 40.5 Å². The van der Waals surface area contributed by atoms with Crippen LogP contribution in [0.3, 0.4) is 0 Å². The molecule has 2 fully saturated rings.